The molecule has 0 fully saturated rings. The lowest BCUT2D eigenvalue weighted by atomic mass is 9.85. The van der Waals surface area contributed by atoms with Crippen molar-refractivity contribution < 1.29 is 38.5 Å². The molecular weight excluding hydrogens is 590 g/mol. The summed E-state index contributed by atoms with van der Waals surface area (Å²) in [6.45, 7) is 7.33. The summed E-state index contributed by atoms with van der Waals surface area (Å²) in [4.78, 5) is 52.1. The van der Waals surface area contributed by atoms with Crippen molar-refractivity contribution in [3.8, 4) is 0 Å². The van der Waals surface area contributed by atoms with Crippen LogP contribution in [0.1, 0.15) is 46.1 Å². The monoisotopic (exact) mass is 635 g/mol. The molecule has 2 aliphatic rings. The van der Waals surface area contributed by atoms with Crippen LogP contribution in [0.5, 0.6) is 0 Å². The number of nitrogens with one attached hydrogen (secondary N) is 2. The number of hydrogen-bond donors (Lipinski definition) is 4. The normalized spacial score (nSPS) is 29.9. The van der Waals surface area contributed by atoms with Crippen LogP contribution in [0.3, 0.4) is 0 Å². The highest BCUT2D eigenvalue weighted by Gasteiger charge is 2.33. The van der Waals surface area contributed by atoms with Crippen molar-refractivity contribution in [1.29, 1.82) is 0 Å². The summed E-state index contributed by atoms with van der Waals surface area (Å²) in [7, 11) is 2.93. The predicted octanol–water partition coefficient (Wildman–Crippen LogP) is 3.55. The van der Waals surface area contributed by atoms with Crippen molar-refractivity contribution in [3.63, 3.8) is 0 Å². The average molecular weight is 636 g/mol. The van der Waals surface area contributed by atoms with E-state index in [4.69, 9.17) is 19.9 Å². The fourth-order valence-corrected chi connectivity index (χ4v) is 5.56. The topological polar surface area (TPSA) is 166 Å². The Morgan fingerprint density at radius 2 is 1.78 bits per heavy atom. The number of aliphatic hydroxyl groups is 1. The molecule has 0 saturated carbocycles. The Labute approximate surface area is 270 Å². The zero-order chi connectivity index (χ0) is 34.0. The van der Waals surface area contributed by atoms with E-state index in [0.717, 1.165) is 11.6 Å². The third-order valence-corrected chi connectivity index (χ3v) is 8.11. The lowest BCUT2D eigenvalue weighted by molar-refractivity contribution is -0.120. The molecule has 0 spiro atoms. The van der Waals surface area contributed by atoms with Crippen LogP contribution in [-0.2, 0) is 35.1 Å². The van der Waals surface area contributed by atoms with Crippen molar-refractivity contribution >= 4 is 23.6 Å². The first-order chi connectivity index (χ1) is 21.9. The van der Waals surface area contributed by atoms with Crippen LogP contribution >= 0.6 is 0 Å². The zero-order valence-corrected chi connectivity index (χ0v) is 27.2. The SMILES string of the molecule is CO[C@H]1/C=C\C=C(/C)C(=O)NC2=CC(=O)C(NCc3ccccc3)=C(C[C@@H](C)C[C@H](OC)[C@H](O)[C@@H](C)/C=C(\C)[C@@H]1OC(N)=O)C2=O. The van der Waals surface area contributed by atoms with Gasteiger partial charge in [-0.05, 0) is 43.7 Å². The van der Waals surface area contributed by atoms with Crippen LogP contribution in [-0.4, -0.2) is 67.3 Å². The number of ether oxygens (including phenoxy) is 3. The van der Waals surface area contributed by atoms with Gasteiger partial charge in [-0.25, -0.2) is 4.79 Å². The molecule has 5 N–H and O–H groups in total. The van der Waals surface area contributed by atoms with E-state index in [1.54, 1.807) is 32.1 Å². The Morgan fingerprint density at radius 1 is 1.09 bits per heavy atom. The first kappa shape index (κ1) is 36.2. The summed E-state index contributed by atoms with van der Waals surface area (Å²) in [5, 5.41) is 17.1. The molecule has 0 unspecified atom stereocenters. The fourth-order valence-electron chi connectivity index (χ4n) is 5.56. The summed E-state index contributed by atoms with van der Waals surface area (Å²) in [5.41, 5.74) is 7.42. The van der Waals surface area contributed by atoms with E-state index in [1.165, 1.54) is 20.3 Å². The van der Waals surface area contributed by atoms with Gasteiger partial charge in [-0.3, -0.25) is 14.4 Å². The Bertz CT molecular complexity index is 1440. The van der Waals surface area contributed by atoms with Gasteiger partial charge in [0.1, 0.15) is 6.10 Å². The standard InChI is InChI=1S/C35H45N3O8/c1-20-15-25-30(37-19-24-12-8-7-9-13-24)27(39)18-26(32(25)41)38-34(42)21(2)11-10-14-28(44-5)33(46-35(36)43)23(4)17-22(3)31(40)29(16-20)45-6/h7-14,17-18,20,22,28-29,31,33,37,40H,15-16,19H2,1-6H3,(H2,36,43)(H,38,42)/b14-10-,21-11+,23-17+/t20-,22+,28+,29+,31-,33+/m1/s1. The van der Waals surface area contributed by atoms with Crippen LogP contribution in [0.15, 0.2) is 88.8 Å². The number of aliphatic hydroxyl groups excluding tert-OH is 1. The van der Waals surface area contributed by atoms with Crippen molar-refractivity contribution in [3.05, 3.63) is 94.4 Å². The highest BCUT2D eigenvalue weighted by Crippen LogP contribution is 2.29. The van der Waals surface area contributed by atoms with Crippen molar-refractivity contribution in [2.75, 3.05) is 14.2 Å². The molecule has 46 heavy (non-hydrogen) atoms. The molecule has 248 valence electrons. The van der Waals surface area contributed by atoms with Crippen LogP contribution in [0.2, 0.25) is 0 Å². The van der Waals surface area contributed by atoms with Gasteiger partial charge in [0.05, 0.1) is 23.6 Å². The number of rotatable bonds is 6. The molecule has 11 nitrogen and oxygen atoms in total. The number of carbonyl (C=O) groups excluding carboxylic acids is 4. The van der Waals surface area contributed by atoms with E-state index in [9.17, 15) is 24.3 Å². The summed E-state index contributed by atoms with van der Waals surface area (Å²) < 4.78 is 16.7. The number of hydrogen-bond acceptors (Lipinski definition) is 9. The molecule has 0 aromatic heterocycles. The maximum Gasteiger partial charge on any atom is 0.405 e. The second-order valence-electron chi connectivity index (χ2n) is 11.8. The van der Waals surface area contributed by atoms with Gasteiger partial charge in [0.25, 0.3) is 5.91 Å². The zero-order valence-electron chi connectivity index (χ0n) is 27.2. The van der Waals surface area contributed by atoms with Gasteiger partial charge >= 0.3 is 6.09 Å². The number of amides is 2. The predicted molar refractivity (Wildman–Crippen MR) is 173 cm³/mol. The lowest BCUT2D eigenvalue weighted by Gasteiger charge is -2.30. The minimum Gasteiger partial charge on any atom is -0.439 e. The van der Waals surface area contributed by atoms with E-state index in [0.29, 0.717) is 18.5 Å². The van der Waals surface area contributed by atoms with Crippen LogP contribution < -0.4 is 16.4 Å². The minimum absolute atomic E-state index is 0.126. The van der Waals surface area contributed by atoms with Crippen molar-refractivity contribution in [2.24, 2.45) is 17.6 Å². The summed E-state index contributed by atoms with van der Waals surface area (Å²) in [6.07, 6.45) is 3.80. The Hall–Kier alpha value is -4.32. The Morgan fingerprint density at radius 3 is 2.41 bits per heavy atom. The van der Waals surface area contributed by atoms with Gasteiger partial charge in [-0.2, -0.15) is 0 Å². The molecule has 1 heterocycles. The molecule has 6 atom stereocenters. The molecule has 2 bridgehead atoms. The second kappa shape index (κ2) is 16.8. The lowest BCUT2D eigenvalue weighted by Crippen LogP contribution is -2.37. The van der Waals surface area contributed by atoms with Gasteiger partial charge < -0.3 is 35.7 Å². The van der Waals surface area contributed by atoms with Crippen LogP contribution in [0.4, 0.5) is 4.79 Å². The second-order valence-corrected chi connectivity index (χ2v) is 11.8. The fraction of sp³-hybridized carbons (Fsp3) is 0.429. The number of benzene rings is 1. The molecule has 2 amide bonds. The van der Waals surface area contributed by atoms with Gasteiger partial charge in [0.2, 0.25) is 11.6 Å². The minimum atomic E-state index is -1.000. The molecule has 0 saturated heterocycles. The first-order valence-corrected chi connectivity index (χ1v) is 15.2. The third-order valence-electron chi connectivity index (χ3n) is 8.11. The number of ketones is 2. The molecule has 1 aliphatic heterocycles. The molecule has 11 heteroatoms. The van der Waals surface area contributed by atoms with Crippen LogP contribution in [0.25, 0.3) is 0 Å². The van der Waals surface area contributed by atoms with Gasteiger partial charge in [0, 0.05) is 43.9 Å². The highest BCUT2D eigenvalue weighted by molar-refractivity contribution is 6.23. The third kappa shape index (κ3) is 9.59. The van der Waals surface area contributed by atoms with E-state index in [1.807, 2.05) is 44.2 Å². The Balaban J connectivity index is 2.06. The molecule has 0 radical (unpaired) electrons. The van der Waals surface area contributed by atoms with E-state index >= 15 is 0 Å². The summed E-state index contributed by atoms with van der Waals surface area (Å²) >= 11 is 0. The maximum absolute atomic E-state index is 13.8. The van der Waals surface area contributed by atoms with Gasteiger partial charge in [-0.15, -0.1) is 0 Å². The van der Waals surface area contributed by atoms with E-state index in [-0.39, 0.29) is 34.9 Å². The van der Waals surface area contributed by atoms with E-state index in [2.05, 4.69) is 10.6 Å². The number of Topliss-reactive ketones (excluding diaryl/α,β-unsaturated/α-hetero) is 1. The molecule has 1 aromatic carbocycles. The van der Waals surface area contributed by atoms with Crippen LogP contribution in [0, 0.1) is 11.8 Å². The van der Waals surface area contributed by atoms with Crippen molar-refractivity contribution in [2.45, 2.75) is 71.5 Å². The maximum atomic E-state index is 13.8. The summed E-state index contributed by atoms with van der Waals surface area (Å²) in [6, 6.07) is 9.48. The number of fused-ring (bicyclic) bond motifs is 2. The molecular formula is C35H45N3O8. The average Bonchev–Trinajstić information content (AvgIpc) is 3.02. The molecule has 1 aromatic rings. The number of carbonyl (C=O) groups is 4. The number of primary amides is 1. The highest BCUT2D eigenvalue weighted by atomic mass is 16.6. The smallest absolute Gasteiger partial charge is 0.405 e. The first-order valence-electron chi connectivity index (χ1n) is 15.2. The van der Waals surface area contributed by atoms with E-state index < -0.39 is 53.9 Å². The summed E-state index contributed by atoms with van der Waals surface area (Å²) in [5.74, 6) is -2.14. The number of nitrogens with two attached hydrogens (primary N) is 1. The quantitative estimate of drug-likeness (QED) is 0.270. The molecule has 3 rings (SSSR count). The Kier molecular flexibility index (Phi) is 13.2. The number of methoxy groups -OCH3 is 2. The van der Waals surface area contributed by atoms with Gasteiger partial charge in [-0.1, -0.05) is 68.5 Å². The van der Waals surface area contributed by atoms with Crippen molar-refractivity contribution in [1.82, 2.24) is 10.6 Å². The number of allylic oxidation sites excluding steroid dienone is 4. The largest absolute Gasteiger partial charge is 0.439 e. The molecule has 1 aliphatic carbocycles. The van der Waals surface area contributed by atoms with Gasteiger partial charge in [0.15, 0.2) is 6.10 Å².